The Morgan fingerprint density at radius 2 is 1.28 bits per heavy atom. The van der Waals surface area contributed by atoms with Crippen LogP contribution in [0.3, 0.4) is 0 Å². The Bertz CT molecular complexity index is 813. The molecule has 0 fully saturated rings. The summed E-state index contributed by atoms with van der Waals surface area (Å²) in [6, 6.07) is 18.3. The lowest BCUT2D eigenvalue weighted by Crippen LogP contribution is -1.97. The predicted molar refractivity (Wildman–Crippen MR) is 113 cm³/mol. The van der Waals surface area contributed by atoms with E-state index in [1.165, 1.54) is 79.3 Å². The maximum Gasteiger partial charge on any atom is -0.0143 e. The number of fused-ring (bicyclic) bond motifs is 2. The Labute approximate surface area is 153 Å². The third-order valence-corrected chi connectivity index (χ3v) is 5.42. The van der Waals surface area contributed by atoms with E-state index in [0.717, 1.165) is 0 Å². The molecule has 0 saturated carbocycles. The maximum atomic E-state index is 2.43. The molecule has 0 atom stereocenters. The molecule has 0 radical (unpaired) electrons. The van der Waals surface area contributed by atoms with E-state index in [0.29, 0.717) is 0 Å². The highest BCUT2D eigenvalue weighted by Crippen LogP contribution is 2.30. The van der Waals surface area contributed by atoms with Gasteiger partial charge in [-0.1, -0.05) is 82.3 Å². The zero-order valence-electron chi connectivity index (χ0n) is 16.0. The fourth-order valence-electron chi connectivity index (χ4n) is 3.94. The van der Waals surface area contributed by atoms with E-state index in [9.17, 15) is 0 Å². The first-order chi connectivity index (χ1) is 12.3. The molecule has 3 aromatic carbocycles. The summed E-state index contributed by atoms with van der Waals surface area (Å²) in [6.07, 6.45) is 11.8. The van der Waals surface area contributed by atoms with Gasteiger partial charge >= 0.3 is 0 Å². The number of hydrogen-bond donors (Lipinski definition) is 0. The van der Waals surface area contributed by atoms with Crippen LogP contribution in [0.5, 0.6) is 0 Å². The van der Waals surface area contributed by atoms with Crippen LogP contribution in [0.15, 0.2) is 48.5 Å². The van der Waals surface area contributed by atoms with Crippen molar-refractivity contribution in [1.82, 2.24) is 0 Å². The van der Waals surface area contributed by atoms with Crippen molar-refractivity contribution in [1.29, 1.82) is 0 Å². The van der Waals surface area contributed by atoms with Gasteiger partial charge in [-0.25, -0.2) is 0 Å². The molecule has 0 unspecified atom stereocenters. The van der Waals surface area contributed by atoms with Crippen molar-refractivity contribution < 1.29 is 0 Å². The summed E-state index contributed by atoms with van der Waals surface area (Å²) in [6.45, 7) is 4.58. The zero-order chi connectivity index (χ0) is 17.5. The molecule has 0 aliphatic carbocycles. The minimum atomic E-state index is 1.23. The lowest BCUT2D eigenvalue weighted by Gasteiger charge is -2.14. The number of rotatable bonds is 9. The van der Waals surface area contributed by atoms with Crippen LogP contribution in [0.4, 0.5) is 0 Å². The molecule has 0 amide bonds. The maximum absolute atomic E-state index is 2.43. The van der Waals surface area contributed by atoms with Gasteiger partial charge in [-0.15, -0.1) is 0 Å². The van der Waals surface area contributed by atoms with Gasteiger partial charge in [0, 0.05) is 0 Å². The molecule has 0 bridgehead atoms. The third-order valence-electron chi connectivity index (χ3n) is 5.42. The van der Waals surface area contributed by atoms with E-state index in [1.54, 1.807) is 11.1 Å². The van der Waals surface area contributed by atoms with Crippen LogP contribution in [0.1, 0.15) is 69.9 Å². The lowest BCUT2D eigenvalue weighted by atomic mass is 9.90. The minimum absolute atomic E-state index is 1.23. The molecular weight excluding hydrogens is 300 g/mol. The number of aryl methyl sites for hydroxylation is 2. The first kappa shape index (κ1) is 18.0. The second-order valence-corrected chi connectivity index (χ2v) is 7.39. The monoisotopic (exact) mass is 332 g/mol. The Balaban J connectivity index is 1.98. The van der Waals surface area contributed by atoms with E-state index < -0.39 is 0 Å². The van der Waals surface area contributed by atoms with E-state index in [2.05, 4.69) is 62.4 Å². The summed E-state index contributed by atoms with van der Waals surface area (Å²) in [5.74, 6) is 0. The van der Waals surface area contributed by atoms with Crippen molar-refractivity contribution >= 4 is 21.5 Å². The summed E-state index contributed by atoms with van der Waals surface area (Å²) >= 11 is 0. The molecule has 3 rings (SSSR count). The van der Waals surface area contributed by atoms with Crippen LogP contribution in [-0.4, -0.2) is 0 Å². The second kappa shape index (κ2) is 9.04. The Kier molecular flexibility index (Phi) is 6.50. The van der Waals surface area contributed by atoms with Crippen molar-refractivity contribution in [2.75, 3.05) is 0 Å². The minimum Gasteiger partial charge on any atom is -0.0654 e. The summed E-state index contributed by atoms with van der Waals surface area (Å²) in [5, 5.41) is 5.62. The van der Waals surface area contributed by atoms with Crippen LogP contribution in [0.2, 0.25) is 0 Å². The molecule has 0 heteroatoms. The van der Waals surface area contributed by atoms with Crippen LogP contribution in [0.25, 0.3) is 21.5 Å². The van der Waals surface area contributed by atoms with Crippen molar-refractivity contribution in [3.8, 4) is 0 Å². The number of unbranched alkanes of at least 4 members (excludes halogenated alkanes) is 5. The highest BCUT2D eigenvalue weighted by molar-refractivity contribution is 6.00. The summed E-state index contributed by atoms with van der Waals surface area (Å²) in [5.41, 5.74) is 3.21. The average molecular weight is 333 g/mol. The zero-order valence-corrected chi connectivity index (χ0v) is 16.0. The molecule has 25 heavy (non-hydrogen) atoms. The lowest BCUT2D eigenvalue weighted by molar-refractivity contribution is 0.661. The average Bonchev–Trinajstić information content (AvgIpc) is 2.65. The van der Waals surface area contributed by atoms with Gasteiger partial charge in [0.2, 0.25) is 0 Å². The molecule has 132 valence electrons. The standard InChI is InChI=1S/C25H32/c1-3-5-7-9-12-20-16-17-23-18-21-13-10-11-14-22(21)19-25(23)24(20)15-8-6-4-2/h10-11,13-14,16-19H,3-9,12,15H2,1-2H3. The molecular formula is C25H32. The molecule has 0 nitrogen and oxygen atoms in total. The van der Waals surface area contributed by atoms with Gasteiger partial charge < -0.3 is 0 Å². The van der Waals surface area contributed by atoms with Crippen LogP contribution >= 0.6 is 0 Å². The van der Waals surface area contributed by atoms with E-state index in [1.807, 2.05) is 0 Å². The van der Waals surface area contributed by atoms with Gasteiger partial charge in [0.15, 0.2) is 0 Å². The molecule has 0 aliphatic rings. The van der Waals surface area contributed by atoms with Crippen molar-refractivity contribution in [3.05, 3.63) is 59.7 Å². The van der Waals surface area contributed by atoms with E-state index in [4.69, 9.17) is 0 Å². The van der Waals surface area contributed by atoms with Crippen LogP contribution in [0, 0.1) is 0 Å². The first-order valence-corrected chi connectivity index (χ1v) is 10.3. The van der Waals surface area contributed by atoms with Crippen molar-refractivity contribution in [3.63, 3.8) is 0 Å². The first-order valence-electron chi connectivity index (χ1n) is 10.3. The summed E-state index contributed by atoms with van der Waals surface area (Å²) in [4.78, 5) is 0. The molecule has 0 N–H and O–H groups in total. The van der Waals surface area contributed by atoms with Gasteiger partial charge in [-0.05, 0) is 70.5 Å². The Morgan fingerprint density at radius 3 is 2.04 bits per heavy atom. The molecule has 0 aliphatic heterocycles. The summed E-state index contributed by atoms with van der Waals surface area (Å²) in [7, 11) is 0. The van der Waals surface area contributed by atoms with Gasteiger partial charge in [-0.2, -0.15) is 0 Å². The smallest absolute Gasteiger partial charge is 0.0143 e. The highest BCUT2D eigenvalue weighted by Gasteiger charge is 2.09. The van der Waals surface area contributed by atoms with E-state index >= 15 is 0 Å². The molecule has 0 spiro atoms. The fourth-order valence-corrected chi connectivity index (χ4v) is 3.94. The van der Waals surface area contributed by atoms with Crippen molar-refractivity contribution in [2.45, 2.75) is 71.6 Å². The molecule has 0 saturated heterocycles. The second-order valence-electron chi connectivity index (χ2n) is 7.39. The number of hydrogen-bond acceptors (Lipinski definition) is 0. The highest BCUT2D eigenvalue weighted by atomic mass is 14.1. The normalized spacial score (nSPS) is 11.4. The summed E-state index contributed by atoms with van der Waals surface area (Å²) < 4.78 is 0. The van der Waals surface area contributed by atoms with Gasteiger partial charge in [-0.3, -0.25) is 0 Å². The van der Waals surface area contributed by atoms with Gasteiger partial charge in [0.25, 0.3) is 0 Å². The third kappa shape index (κ3) is 4.42. The molecule has 3 aromatic rings. The van der Waals surface area contributed by atoms with Gasteiger partial charge in [0.05, 0.1) is 0 Å². The van der Waals surface area contributed by atoms with Gasteiger partial charge in [0.1, 0.15) is 0 Å². The quantitative estimate of drug-likeness (QED) is 0.276. The Morgan fingerprint density at radius 1 is 0.600 bits per heavy atom. The topological polar surface area (TPSA) is 0 Å². The predicted octanol–water partition coefficient (Wildman–Crippen LogP) is 7.85. The fraction of sp³-hybridized carbons (Fsp3) is 0.440. The van der Waals surface area contributed by atoms with E-state index in [-0.39, 0.29) is 0 Å². The molecule has 0 heterocycles. The SMILES string of the molecule is CCCCCCc1ccc2cc3ccccc3cc2c1CCCCC. The van der Waals surface area contributed by atoms with Crippen LogP contribution < -0.4 is 0 Å². The van der Waals surface area contributed by atoms with Crippen LogP contribution in [-0.2, 0) is 12.8 Å². The van der Waals surface area contributed by atoms with Crippen molar-refractivity contribution in [2.24, 2.45) is 0 Å². The largest absolute Gasteiger partial charge is 0.0654 e. The number of benzene rings is 3. The molecule has 0 aromatic heterocycles. The Hall–Kier alpha value is -1.82.